The van der Waals surface area contributed by atoms with Crippen LogP contribution in [0.25, 0.3) is 0 Å². The van der Waals surface area contributed by atoms with Crippen LogP contribution in [0.4, 0.5) is 0 Å². The van der Waals surface area contributed by atoms with Gasteiger partial charge in [-0.1, -0.05) is 6.07 Å². The highest BCUT2D eigenvalue weighted by atomic mass is 16.1. The molecular weight excluding hydrogens is 240 g/mol. The number of carbonyl (C=O) groups is 1. The smallest absolute Gasteiger partial charge is 0.221 e. The van der Waals surface area contributed by atoms with E-state index in [1.54, 1.807) is 6.20 Å². The van der Waals surface area contributed by atoms with Crippen LogP contribution in [0.15, 0.2) is 24.5 Å². The molecule has 0 radical (unpaired) electrons. The Kier molecular flexibility index (Phi) is 4.50. The second kappa shape index (κ2) is 6.12. The summed E-state index contributed by atoms with van der Waals surface area (Å²) in [6.45, 7) is 3.63. The topological polar surface area (TPSA) is 85.2 Å². The third-order valence-electron chi connectivity index (χ3n) is 3.77. The van der Waals surface area contributed by atoms with Gasteiger partial charge in [-0.05, 0) is 37.9 Å². The van der Waals surface area contributed by atoms with Crippen molar-refractivity contribution in [1.82, 2.24) is 9.88 Å². The number of hydrogen-bond acceptors (Lipinski definition) is 4. The quantitative estimate of drug-likeness (QED) is 0.835. The molecule has 1 aliphatic rings. The van der Waals surface area contributed by atoms with Crippen LogP contribution in [0.1, 0.15) is 31.4 Å². The molecule has 1 aliphatic heterocycles. The summed E-state index contributed by atoms with van der Waals surface area (Å²) in [4.78, 5) is 17.8. The van der Waals surface area contributed by atoms with Crippen LogP contribution < -0.4 is 11.5 Å². The first-order valence-corrected chi connectivity index (χ1v) is 6.78. The molecule has 0 bridgehead atoms. The van der Waals surface area contributed by atoms with Crippen molar-refractivity contribution in [3.05, 3.63) is 30.1 Å². The van der Waals surface area contributed by atoms with E-state index in [1.165, 1.54) is 0 Å². The average molecular weight is 262 g/mol. The number of primary amides is 1. The van der Waals surface area contributed by atoms with E-state index < -0.39 is 0 Å². The molecule has 1 aromatic rings. The standard InChI is InChI=1S/C14H22N4O/c1-10(15)13(11-4-2-6-17-8-11)18-7-3-5-12(9-18)14(16)19/h2,4,6,8,10,12-13H,3,5,7,9,15H2,1H3,(H2,16,19). The van der Waals surface area contributed by atoms with Crippen LogP contribution in [0.3, 0.4) is 0 Å². The summed E-state index contributed by atoms with van der Waals surface area (Å²) in [6, 6.07) is 4.03. The zero-order valence-corrected chi connectivity index (χ0v) is 11.3. The van der Waals surface area contributed by atoms with Crippen molar-refractivity contribution in [1.29, 1.82) is 0 Å². The van der Waals surface area contributed by atoms with Crippen LogP contribution in [-0.2, 0) is 4.79 Å². The Morgan fingerprint density at radius 1 is 1.58 bits per heavy atom. The highest BCUT2D eigenvalue weighted by Gasteiger charge is 2.31. The third-order valence-corrected chi connectivity index (χ3v) is 3.77. The molecule has 5 nitrogen and oxygen atoms in total. The van der Waals surface area contributed by atoms with Gasteiger partial charge in [0.05, 0.1) is 12.0 Å². The summed E-state index contributed by atoms with van der Waals surface area (Å²) in [5.41, 5.74) is 12.7. The molecule has 1 amide bonds. The van der Waals surface area contributed by atoms with Gasteiger partial charge >= 0.3 is 0 Å². The first-order valence-electron chi connectivity index (χ1n) is 6.78. The predicted molar refractivity (Wildman–Crippen MR) is 74.1 cm³/mol. The summed E-state index contributed by atoms with van der Waals surface area (Å²) >= 11 is 0. The maximum Gasteiger partial charge on any atom is 0.221 e. The monoisotopic (exact) mass is 262 g/mol. The zero-order valence-electron chi connectivity index (χ0n) is 11.3. The highest BCUT2D eigenvalue weighted by Crippen LogP contribution is 2.28. The molecule has 3 atom stereocenters. The van der Waals surface area contributed by atoms with Crippen LogP contribution in [-0.4, -0.2) is 34.9 Å². The minimum absolute atomic E-state index is 0.0178. The van der Waals surface area contributed by atoms with E-state index in [-0.39, 0.29) is 23.9 Å². The second-order valence-corrected chi connectivity index (χ2v) is 5.33. The number of amides is 1. The van der Waals surface area contributed by atoms with E-state index in [0.29, 0.717) is 6.54 Å². The molecule has 1 aromatic heterocycles. The fourth-order valence-electron chi connectivity index (χ4n) is 2.89. The summed E-state index contributed by atoms with van der Waals surface area (Å²) in [7, 11) is 0. The van der Waals surface area contributed by atoms with Crippen molar-refractivity contribution in [3.8, 4) is 0 Å². The fraction of sp³-hybridized carbons (Fsp3) is 0.571. The van der Waals surface area contributed by atoms with E-state index >= 15 is 0 Å². The zero-order chi connectivity index (χ0) is 13.8. The summed E-state index contributed by atoms with van der Waals surface area (Å²) in [5, 5.41) is 0. The molecule has 3 unspecified atom stereocenters. The van der Waals surface area contributed by atoms with Gasteiger partial charge in [0.1, 0.15) is 0 Å². The van der Waals surface area contributed by atoms with Gasteiger partial charge in [0, 0.05) is 25.0 Å². The maximum absolute atomic E-state index is 11.4. The Morgan fingerprint density at radius 3 is 2.95 bits per heavy atom. The van der Waals surface area contributed by atoms with E-state index in [1.807, 2.05) is 25.3 Å². The number of pyridine rings is 1. The molecule has 0 aliphatic carbocycles. The Hall–Kier alpha value is -1.46. The van der Waals surface area contributed by atoms with Gasteiger partial charge in [0.25, 0.3) is 0 Å². The normalized spacial score (nSPS) is 23.8. The number of nitrogens with zero attached hydrogens (tertiary/aromatic N) is 2. The first kappa shape index (κ1) is 14.0. The number of piperidine rings is 1. The van der Waals surface area contributed by atoms with Gasteiger partial charge in [-0.25, -0.2) is 0 Å². The van der Waals surface area contributed by atoms with Crippen LogP contribution >= 0.6 is 0 Å². The second-order valence-electron chi connectivity index (χ2n) is 5.33. The molecule has 0 spiro atoms. The molecule has 0 saturated carbocycles. The van der Waals surface area contributed by atoms with Gasteiger partial charge < -0.3 is 11.5 Å². The van der Waals surface area contributed by atoms with Crippen LogP contribution in [0.5, 0.6) is 0 Å². The molecule has 19 heavy (non-hydrogen) atoms. The Morgan fingerprint density at radius 2 is 2.37 bits per heavy atom. The fourth-order valence-corrected chi connectivity index (χ4v) is 2.89. The SMILES string of the molecule is CC(N)C(c1cccnc1)N1CCCC(C(N)=O)C1. The average Bonchev–Trinajstić information content (AvgIpc) is 2.40. The summed E-state index contributed by atoms with van der Waals surface area (Å²) < 4.78 is 0. The number of hydrogen-bond donors (Lipinski definition) is 2. The molecule has 2 rings (SSSR count). The number of rotatable bonds is 4. The van der Waals surface area contributed by atoms with Crippen molar-refractivity contribution in [2.75, 3.05) is 13.1 Å². The lowest BCUT2D eigenvalue weighted by molar-refractivity contribution is -0.123. The van der Waals surface area contributed by atoms with Gasteiger partial charge in [-0.15, -0.1) is 0 Å². The van der Waals surface area contributed by atoms with Crippen molar-refractivity contribution in [3.63, 3.8) is 0 Å². The molecule has 5 heteroatoms. The summed E-state index contributed by atoms with van der Waals surface area (Å²) in [6.07, 6.45) is 5.47. The van der Waals surface area contributed by atoms with Crippen molar-refractivity contribution >= 4 is 5.91 Å². The third kappa shape index (κ3) is 3.30. The summed E-state index contributed by atoms with van der Waals surface area (Å²) in [5.74, 6) is -0.272. The molecular formula is C14H22N4O. The minimum Gasteiger partial charge on any atom is -0.369 e. The predicted octanol–water partition coefficient (Wildman–Crippen LogP) is 0.667. The Balaban J connectivity index is 2.18. The Labute approximate surface area is 114 Å². The number of aromatic nitrogens is 1. The molecule has 1 saturated heterocycles. The first-order chi connectivity index (χ1) is 9.09. The van der Waals surface area contributed by atoms with Crippen LogP contribution in [0.2, 0.25) is 0 Å². The largest absolute Gasteiger partial charge is 0.369 e. The maximum atomic E-state index is 11.4. The van der Waals surface area contributed by atoms with Crippen molar-refractivity contribution < 1.29 is 4.79 Å². The highest BCUT2D eigenvalue weighted by molar-refractivity contribution is 5.76. The lowest BCUT2D eigenvalue weighted by atomic mass is 9.92. The van der Waals surface area contributed by atoms with E-state index in [4.69, 9.17) is 11.5 Å². The van der Waals surface area contributed by atoms with E-state index in [2.05, 4.69) is 9.88 Å². The number of carbonyl (C=O) groups excluding carboxylic acids is 1. The lowest BCUT2D eigenvalue weighted by Crippen LogP contribution is -2.47. The Bertz CT molecular complexity index is 421. The molecule has 4 N–H and O–H groups in total. The molecule has 2 heterocycles. The molecule has 0 aromatic carbocycles. The van der Waals surface area contributed by atoms with Gasteiger partial charge in [0.15, 0.2) is 0 Å². The van der Waals surface area contributed by atoms with E-state index in [0.717, 1.165) is 24.9 Å². The van der Waals surface area contributed by atoms with Gasteiger partial charge in [-0.2, -0.15) is 0 Å². The number of likely N-dealkylation sites (tertiary alicyclic amines) is 1. The van der Waals surface area contributed by atoms with Crippen molar-refractivity contribution in [2.45, 2.75) is 31.8 Å². The van der Waals surface area contributed by atoms with Gasteiger partial charge in [-0.3, -0.25) is 14.7 Å². The van der Waals surface area contributed by atoms with Crippen LogP contribution in [0, 0.1) is 5.92 Å². The molecule has 1 fully saturated rings. The molecule has 104 valence electrons. The minimum atomic E-state index is -0.209. The number of nitrogens with two attached hydrogens (primary N) is 2. The van der Waals surface area contributed by atoms with E-state index in [9.17, 15) is 4.79 Å². The van der Waals surface area contributed by atoms with Gasteiger partial charge in [0.2, 0.25) is 5.91 Å². The lowest BCUT2D eigenvalue weighted by Gasteiger charge is -2.39. The van der Waals surface area contributed by atoms with Crippen molar-refractivity contribution in [2.24, 2.45) is 17.4 Å².